The van der Waals surface area contributed by atoms with Gasteiger partial charge in [-0.05, 0) is 32.0 Å². The highest BCUT2D eigenvalue weighted by Crippen LogP contribution is 2.29. The van der Waals surface area contributed by atoms with E-state index in [0.717, 1.165) is 27.1 Å². The number of benzene rings is 2. The van der Waals surface area contributed by atoms with E-state index in [-0.39, 0.29) is 18.0 Å². The van der Waals surface area contributed by atoms with Gasteiger partial charge in [0.05, 0.1) is 28.8 Å². The predicted molar refractivity (Wildman–Crippen MR) is 118 cm³/mol. The number of thiazole rings is 1. The van der Waals surface area contributed by atoms with E-state index in [2.05, 4.69) is 15.3 Å². The quantitative estimate of drug-likeness (QED) is 0.512. The Morgan fingerprint density at radius 3 is 2.70 bits per heavy atom. The van der Waals surface area contributed by atoms with Crippen LogP contribution in [0.15, 0.2) is 59.7 Å². The number of nitrogens with zero attached hydrogens (tertiary/aromatic N) is 3. The summed E-state index contributed by atoms with van der Waals surface area (Å²) in [5.74, 6) is 0.420. The number of hydrogen-bond acceptors (Lipinski definition) is 6. The average Bonchev–Trinajstić information content (AvgIpc) is 3.11. The van der Waals surface area contributed by atoms with Gasteiger partial charge in [-0.25, -0.2) is 9.97 Å². The van der Waals surface area contributed by atoms with E-state index in [1.54, 1.807) is 0 Å². The molecule has 30 heavy (non-hydrogen) atoms. The summed E-state index contributed by atoms with van der Waals surface area (Å²) in [5.41, 5.74) is 3.05. The highest BCUT2D eigenvalue weighted by atomic mass is 32.1. The number of nitrogens with one attached hydrogen (secondary N) is 1. The zero-order chi connectivity index (χ0) is 21.1. The summed E-state index contributed by atoms with van der Waals surface area (Å²) >= 11 is 1.36. The molecule has 0 aliphatic carbocycles. The van der Waals surface area contributed by atoms with E-state index in [9.17, 15) is 9.59 Å². The van der Waals surface area contributed by atoms with Gasteiger partial charge < -0.3 is 10.1 Å². The first-order valence-corrected chi connectivity index (χ1v) is 10.3. The van der Waals surface area contributed by atoms with Crippen molar-refractivity contribution in [3.05, 3.63) is 70.8 Å². The van der Waals surface area contributed by atoms with Gasteiger partial charge in [0, 0.05) is 11.6 Å². The topological polar surface area (TPSA) is 86.1 Å². The predicted octanol–water partition coefficient (Wildman–Crippen LogP) is 3.87. The maximum atomic E-state index is 12.4. The summed E-state index contributed by atoms with van der Waals surface area (Å²) in [7, 11) is 0. The van der Waals surface area contributed by atoms with Gasteiger partial charge in [-0.15, -0.1) is 0 Å². The summed E-state index contributed by atoms with van der Waals surface area (Å²) in [5, 5.41) is 3.22. The number of hydrogen-bond donors (Lipinski definition) is 1. The molecular formula is C22H20N4O3S. The fraction of sp³-hybridized carbons (Fsp3) is 0.182. The molecule has 0 saturated carbocycles. The lowest BCUT2D eigenvalue weighted by atomic mass is 10.1. The van der Waals surface area contributed by atoms with Gasteiger partial charge in [0.25, 0.3) is 5.56 Å². The number of carbonyl (C=O) groups is 1. The van der Waals surface area contributed by atoms with Crippen LogP contribution in [-0.2, 0) is 11.3 Å². The number of aromatic nitrogens is 3. The molecule has 7 nitrogen and oxygen atoms in total. The Hall–Kier alpha value is -3.52. The molecule has 0 saturated heterocycles. The molecule has 2 aromatic carbocycles. The van der Waals surface area contributed by atoms with Gasteiger partial charge in [0.15, 0.2) is 5.13 Å². The maximum Gasteiger partial charge on any atom is 0.254 e. The van der Waals surface area contributed by atoms with Crippen molar-refractivity contribution in [2.75, 3.05) is 11.9 Å². The molecule has 0 bridgehead atoms. The van der Waals surface area contributed by atoms with Crippen LogP contribution < -0.4 is 15.6 Å². The number of carbonyl (C=O) groups excluding carboxylic acids is 1. The SMILES string of the molecule is CCOc1ccc2nc(NC(=O)Cn3cnc(-c4ccc(C)cc4)cc3=O)sc2c1. The van der Waals surface area contributed by atoms with Gasteiger partial charge in [-0.2, -0.15) is 0 Å². The minimum atomic E-state index is -0.342. The monoisotopic (exact) mass is 420 g/mol. The molecule has 0 fully saturated rings. The van der Waals surface area contributed by atoms with Crippen molar-refractivity contribution in [1.29, 1.82) is 0 Å². The van der Waals surface area contributed by atoms with Crippen LogP contribution in [0.1, 0.15) is 12.5 Å². The number of fused-ring (bicyclic) bond motifs is 1. The van der Waals surface area contributed by atoms with Gasteiger partial charge in [-0.1, -0.05) is 41.2 Å². The van der Waals surface area contributed by atoms with Crippen LogP contribution in [-0.4, -0.2) is 27.0 Å². The molecule has 8 heteroatoms. The number of rotatable bonds is 6. The van der Waals surface area contributed by atoms with E-state index >= 15 is 0 Å². The van der Waals surface area contributed by atoms with Crippen LogP contribution in [0, 0.1) is 6.92 Å². The summed E-state index contributed by atoms with van der Waals surface area (Å²) in [6, 6.07) is 14.8. The standard InChI is InChI=1S/C22H20N4O3S/c1-3-29-16-8-9-17-19(10-16)30-22(24-17)25-20(27)12-26-13-23-18(11-21(26)28)15-6-4-14(2)5-7-15/h4-11,13H,3,12H2,1-2H3,(H,24,25,27). The molecule has 0 aliphatic heterocycles. The molecule has 1 N–H and O–H groups in total. The molecule has 0 spiro atoms. The molecule has 0 radical (unpaired) electrons. The molecule has 152 valence electrons. The first-order chi connectivity index (χ1) is 14.5. The summed E-state index contributed by atoms with van der Waals surface area (Å²) in [6.45, 7) is 4.36. The Labute approximate surface area is 177 Å². The van der Waals surface area contributed by atoms with Crippen LogP contribution in [0.3, 0.4) is 0 Å². The largest absolute Gasteiger partial charge is 0.494 e. The summed E-state index contributed by atoms with van der Waals surface area (Å²) in [6.07, 6.45) is 1.39. The van der Waals surface area contributed by atoms with Crippen molar-refractivity contribution in [2.24, 2.45) is 0 Å². The second-order valence-electron chi connectivity index (χ2n) is 6.74. The van der Waals surface area contributed by atoms with Crippen LogP contribution in [0.5, 0.6) is 5.75 Å². The molecule has 2 heterocycles. The maximum absolute atomic E-state index is 12.4. The van der Waals surface area contributed by atoms with Crippen LogP contribution in [0.4, 0.5) is 5.13 Å². The molecule has 2 aromatic heterocycles. The molecular weight excluding hydrogens is 400 g/mol. The van der Waals surface area contributed by atoms with Crippen molar-refractivity contribution in [3.63, 3.8) is 0 Å². The summed E-state index contributed by atoms with van der Waals surface area (Å²) < 4.78 is 7.68. The zero-order valence-electron chi connectivity index (χ0n) is 16.6. The van der Waals surface area contributed by atoms with E-state index in [4.69, 9.17) is 4.74 Å². The summed E-state index contributed by atoms with van der Waals surface area (Å²) in [4.78, 5) is 33.6. The lowest BCUT2D eigenvalue weighted by Crippen LogP contribution is -2.27. The first kappa shape index (κ1) is 19.8. The van der Waals surface area contributed by atoms with Crippen LogP contribution >= 0.6 is 11.3 Å². The van der Waals surface area contributed by atoms with Crippen molar-refractivity contribution in [1.82, 2.24) is 14.5 Å². The molecule has 0 aliphatic rings. The van der Waals surface area contributed by atoms with E-state index in [0.29, 0.717) is 17.4 Å². The Morgan fingerprint density at radius 2 is 1.97 bits per heavy atom. The fourth-order valence-corrected chi connectivity index (χ4v) is 3.87. The minimum Gasteiger partial charge on any atom is -0.494 e. The smallest absolute Gasteiger partial charge is 0.254 e. The molecule has 4 aromatic rings. The second kappa shape index (κ2) is 8.46. The fourth-order valence-electron chi connectivity index (χ4n) is 2.96. The Bertz CT molecular complexity index is 1260. The molecule has 0 atom stereocenters. The van der Waals surface area contributed by atoms with Crippen LogP contribution in [0.25, 0.3) is 21.5 Å². The van der Waals surface area contributed by atoms with Gasteiger partial charge in [-0.3, -0.25) is 14.2 Å². The van der Waals surface area contributed by atoms with E-state index in [1.807, 2.05) is 56.3 Å². The van der Waals surface area contributed by atoms with Gasteiger partial charge in [0.1, 0.15) is 12.3 Å². The highest BCUT2D eigenvalue weighted by molar-refractivity contribution is 7.22. The first-order valence-electron chi connectivity index (χ1n) is 9.48. The van der Waals surface area contributed by atoms with Crippen molar-refractivity contribution >= 4 is 32.6 Å². The number of amides is 1. The third-order valence-corrected chi connectivity index (χ3v) is 5.39. The third kappa shape index (κ3) is 4.38. The average molecular weight is 420 g/mol. The number of aryl methyl sites for hydroxylation is 1. The minimum absolute atomic E-state index is 0.139. The van der Waals surface area contributed by atoms with E-state index in [1.165, 1.54) is 28.3 Å². The zero-order valence-corrected chi connectivity index (χ0v) is 17.4. The highest BCUT2D eigenvalue weighted by Gasteiger charge is 2.11. The van der Waals surface area contributed by atoms with Crippen molar-refractivity contribution in [3.8, 4) is 17.0 Å². The van der Waals surface area contributed by atoms with E-state index < -0.39 is 0 Å². The normalized spacial score (nSPS) is 10.9. The Morgan fingerprint density at radius 1 is 1.17 bits per heavy atom. The van der Waals surface area contributed by atoms with Crippen molar-refractivity contribution in [2.45, 2.75) is 20.4 Å². The molecule has 4 rings (SSSR count). The lowest BCUT2D eigenvalue weighted by molar-refractivity contribution is -0.116. The Kier molecular flexibility index (Phi) is 5.58. The molecule has 0 unspecified atom stereocenters. The lowest BCUT2D eigenvalue weighted by Gasteiger charge is -2.06. The number of ether oxygens (including phenoxy) is 1. The van der Waals surface area contributed by atoms with Gasteiger partial charge in [0.2, 0.25) is 5.91 Å². The van der Waals surface area contributed by atoms with Crippen molar-refractivity contribution < 1.29 is 9.53 Å². The van der Waals surface area contributed by atoms with Crippen LogP contribution in [0.2, 0.25) is 0 Å². The molecule has 1 amide bonds. The Balaban J connectivity index is 1.46. The second-order valence-corrected chi connectivity index (χ2v) is 7.77. The third-order valence-electron chi connectivity index (χ3n) is 4.46. The number of anilines is 1. The van der Waals surface area contributed by atoms with Gasteiger partial charge >= 0.3 is 0 Å².